The van der Waals surface area contributed by atoms with Crippen LogP contribution in [-0.2, 0) is 0 Å². The van der Waals surface area contributed by atoms with E-state index in [2.05, 4.69) is 19.2 Å². The number of benzene rings is 1. The zero-order valence-electron chi connectivity index (χ0n) is 13.6. The Kier molecular flexibility index (Phi) is 6.69. The van der Waals surface area contributed by atoms with Crippen LogP contribution in [0.1, 0.15) is 44.0 Å². The molecule has 124 valence electrons. The molecular weight excluding hydrogens is 300 g/mol. The van der Waals surface area contributed by atoms with E-state index in [1.807, 2.05) is 19.1 Å². The zero-order valence-corrected chi connectivity index (χ0v) is 14.4. The lowest BCUT2D eigenvalue weighted by molar-refractivity contribution is 0.0897. The summed E-state index contributed by atoms with van der Waals surface area (Å²) in [6.45, 7) is 7.33. The molecule has 0 bridgehead atoms. The third-order valence-electron chi connectivity index (χ3n) is 3.98. The van der Waals surface area contributed by atoms with E-state index in [9.17, 15) is 4.79 Å². The fraction of sp³-hybridized carbons (Fsp3) is 0.588. The topological polar surface area (TPSA) is 64.3 Å². The third-order valence-corrected chi connectivity index (χ3v) is 3.98. The highest BCUT2D eigenvalue weighted by Crippen LogP contribution is 2.39. The van der Waals surface area contributed by atoms with Crippen molar-refractivity contribution in [1.29, 1.82) is 0 Å². The average molecular weight is 327 g/mol. The summed E-state index contributed by atoms with van der Waals surface area (Å²) in [6, 6.07) is 7.33. The van der Waals surface area contributed by atoms with Gasteiger partial charge in [-0.05, 0) is 49.8 Å². The van der Waals surface area contributed by atoms with Crippen LogP contribution >= 0.6 is 12.4 Å². The minimum Gasteiger partial charge on any atom is -0.493 e. The van der Waals surface area contributed by atoms with Gasteiger partial charge in [-0.3, -0.25) is 4.79 Å². The van der Waals surface area contributed by atoms with Crippen molar-refractivity contribution in [1.82, 2.24) is 5.32 Å². The van der Waals surface area contributed by atoms with Crippen LogP contribution < -0.4 is 15.8 Å². The fourth-order valence-corrected chi connectivity index (χ4v) is 2.36. The van der Waals surface area contributed by atoms with Crippen molar-refractivity contribution in [2.75, 3.05) is 13.2 Å². The minimum atomic E-state index is -0.300. The molecule has 3 N–H and O–H groups in total. The molecule has 1 aromatic carbocycles. The first-order valence-corrected chi connectivity index (χ1v) is 7.70. The van der Waals surface area contributed by atoms with Gasteiger partial charge in [0, 0.05) is 12.1 Å². The van der Waals surface area contributed by atoms with Crippen molar-refractivity contribution in [3.8, 4) is 5.75 Å². The molecule has 1 unspecified atom stereocenters. The van der Waals surface area contributed by atoms with Gasteiger partial charge in [-0.1, -0.05) is 19.9 Å². The van der Waals surface area contributed by atoms with Crippen molar-refractivity contribution in [2.24, 2.45) is 17.6 Å². The predicted octanol–water partition coefficient (Wildman–Crippen LogP) is 3.00. The molecule has 0 radical (unpaired) electrons. The van der Waals surface area contributed by atoms with Gasteiger partial charge < -0.3 is 15.8 Å². The Hall–Kier alpha value is -1.26. The molecule has 1 amide bonds. The number of ether oxygens (including phenoxy) is 1. The first-order valence-electron chi connectivity index (χ1n) is 7.70. The van der Waals surface area contributed by atoms with Crippen LogP contribution in [-0.4, -0.2) is 24.6 Å². The van der Waals surface area contributed by atoms with Crippen LogP contribution in [0.2, 0.25) is 0 Å². The van der Waals surface area contributed by atoms with Gasteiger partial charge in [0.25, 0.3) is 5.91 Å². The molecule has 1 aromatic rings. The lowest BCUT2D eigenvalue weighted by Crippen LogP contribution is -2.53. The average Bonchev–Trinajstić information content (AvgIpc) is 3.30. The van der Waals surface area contributed by atoms with Gasteiger partial charge in [0.15, 0.2) is 0 Å². The summed E-state index contributed by atoms with van der Waals surface area (Å²) in [6.07, 6.45) is 2.29. The maximum atomic E-state index is 12.4. The van der Waals surface area contributed by atoms with Crippen LogP contribution in [0.4, 0.5) is 0 Å². The summed E-state index contributed by atoms with van der Waals surface area (Å²) in [5.74, 6) is 1.62. The normalized spacial score (nSPS) is 16.6. The summed E-state index contributed by atoms with van der Waals surface area (Å²) >= 11 is 0. The number of carbonyl (C=O) groups is 1. The summed E-state index contributed by atoms with van der Waals surface area (Å²) < 4.78 is 5.67. The second-order valence-electron chi connectivity index (χ2n) is 6.58. The van der Waals surface area contributed by atoms with Gasteiger partial charge in [0.05, 0.1) is 12.1 Å². The number of nitrogens with one attached hydrogen (secondary N) is 1. The molecular formula is C17H27ClN2O2. The maximum absolute atomic E-state index is 12.4. The second-order valence-corrected chi connectivity index (χ2v) is 6.58. The Balaban J connectivity index is 0.00000242. The lowest BCUT2D eigenvalue weighted by atomic mass is 9.95. The number of amides is 1. The van der Waals surface area contributed by atoms with Crippen LogP contribution in [0.5, 0.6) is 5.75 Å². The number of rotatable bonds is 7. The molecule has 4 nitrogen and oxygen atoms in total. The molecule has 1 aliphatic carbocycles. The first-order chi connectivity index (χ1) is 9.94. The molecule has 1 saturated carbocycles. The molecule has 2 rings (SSSR count). The van der Waals surface area contributed by atoms with Crippen LogP contribution in [0.25, 0.3) is 0 Å². The fourth-order valence-electron chi connectivity index (χ4n) is 2.36. The van der Waals surface area contributed by atoms with Crippen molar-refractivity contribution in [3.05, 3.63) is 29.8 Å². The Morgan fingerprint density at radius 2 is 2.14 bits per heavy atom. The summed E-state index contributed by atoms with van der Waals surface area (Å²) in [5.41, 5.74) is 6.17. The van der Waals surface area contributed by atoms with E-state index in [1.54, 1.807) is 12.1 Å². The van der Waals surface area contributed by atoms with Crippen LogP contribution in [0, 0.1) is 11.8 Å². The van der Waals surface area contributed by atoms with E-state index >= 15 is 0 Å². The SMILES string of the molecule is CC(C)COc1cccc(C(=O)NC(C)(CN)C2CC2)c1.Cl. The van der Waals surface area contributed by atoms with E-state index in [1.165, 1.54) is 0 Å². The van der Waals surface area contributed by atoms with Crippen molar-refractivity contribution in [3.63, 3.8) is 0 Å². The molecule has 0 saturated heterocycles. The van der Waals surface area contributed by atoms with E-state index in [4.69, 9.17) is 10.5 Å². The van der Waals surface area contributed by atoms with Crippen molar-refractivity contribution in [2.45, 2.75) is 39.2 Å². The maximum Gasteiger partial charge on any atom is 0.251 e. The number of halogens is 1. The highest BCUT2D eigenvalue weighted by atomic mass is 35.5. The minimum absolute atomic E-state index is 0. The van der Waals surface area contributed by atoms with E-state index < -0.39 is 0 Å². The van der Waals surface area contributed by atoms with Crippen LogP contribution in [0.15, 0.2) is 24.3 Å². The Morgan fingerprint density at radius 1 is 1.45 bits per heavy atom. The Morgan fingerprint density at radius 3 is 2.68 bits per heavy atom. The molecule has 0 heterocycles. The van der Waals surface area contributed by atoms with Gasteiger partial charge in [-0.2, -0.15) is 0 Å². The molecule has 1 fully saturated rings. The number of nitrogens with two attached hydrogens (primary N) is 1. The highest BCUT2D eigenvalue weighted by molar-refractivity contribution is 5.95. The molecule has 1 aliphatic rings. The second kappa shape index (κ2) is 7.84. The molecule has 1 atom stereocenters. The third kappa shape index (κ3) is 4.89. The van der Waals surface area contributed by atoms with Gasteiger partial charge in [0.2, 0.25) is 0 Å². The first kappa shape index (κ1) is 18.8. The molecule has 5 heteroatoms. The van der Waals surface area contributed by atoms with E-state index in [0.29, 0.717) is 30.6 Å². The van der Waals surface area contributed by atoms with Gasteiger partial charge in [-0.25, -0.2) is 0 Å². The number of hydrogen-bond acceptors (Lipinski definition) is 3. The predicted molar refractivity (Wildman–Crippen MR) is 91.7 cm³/mol. The highest BCUT2D eigenvalue weighted by Gasteiger charge is 2.41. The van der Waals surface area contributed by atoms with Crippen molar-refractivity contribution < 1.29 is 9.53 Å². The molecule has 0 spiro atoms. The van der Waals surface area contributed by atoms with E-state index in [0.717, 1.165) is 18.6 Å². The molecule has 0 aromatic heterocycles. The quantitative estimate of drug-likeness (QED) is 0.809. The lowest BCUT2D eigenvalue weighted by Gasteiger charge is -2.29. The monoisotopic (exact) mass is 326 g/mol. The Bertz CT molecular complexity index is 503. The Labute approximate surface area is 139 Å². The summed E-state index contributed by atoms with van der Waals surface area (Å²) in [5, 5.41) is 3.09. The van der Waals surface area contributed by atoms with E-state index in [-0.39, 0.29) is 23.9 Å². The van der Waals surface area contributed by atoms with Crippen molar-refractivity contribution >= 4 is 18.3 Å². The van der Waals surface area contributed by atoms with Gasteiger partial charge >= 0.3 is 0 Å². The summed E-state index contributed by atoms with van der Waals surface area (Å²) in [4.78, 5) is 12.4. The van der Waals surface area contributed by atoms with Gasteiger partial charge in [-0.15, -0.1) is 12.4 Å². The molecule has 22 heavy (non-hydrogen) atoms. The number of carbonyl (C=O) groups excluding carboxylic acids is 1. The largest absolute Gasteiger partial charge is 0.493 e. The summed E-state index contributed by atoms with van der Waals surface area (Å²) in [7, 11) is 0. The molecule has 0 aliphatic heterocycles. The standard InChI is InChI=1S/C17H26N2O2.ClH/c1-12(2)10-21-15-6-4-5-13(9-15)16(20)19-17(3,11-18)14-7-8-14;/h4-6,9,12,14H,7-8,10-11,18H2,1-3H3,(H,19,20);1H. The van der Waals surface area contributed by atoms with Crippen LogP contribution in [0.3, 0.4) is 0 Å². The van der Waals surface area contributed by atoms with Gasteiger partial charge in [0.1, 0.15) is 5.75 Å². The smallest absolute Gasteiger partial charge is 0.251 e. The zero-order chi connectivity index (χ0) is 15.5. The number of hydrogen-bond donors (Lipinski definition) is 2.